The van der Waals surface area contributed by atoms with Crippen molar-refractivity contribution in [3.05, 3.63) is 39.6 Å². The van der Waals surface area contributed by atoms with Crippen molar-refractivity contribution < 1.29 is 38.0 Å². The van der Waals surface area contributed by atoms with Crippen molar-refractivity contribution in [2.45, 2.75) is 58.4 Å². The predicted molar refractivity (Wildman–Crippen MR) is 186 cm³/mol. The van der Waals surface area contributed by atoms with Crippen molar-refractivity contribution in [3.8, 4) is 10.6 Å². The van der Waals surface area contributed by atoms with Crippen molar-refractivity contribution >= 4 is 44.5 Å². The van der Waals surface area contributed by atoms with Gasteiger partial charge in [0.15, 0.2) is 0 Å². The number of aromatic nitrogens is 1. The maximum Gasteiger partial charge on any atom is 0.138 e. The summed E-state index contributed by atoms with van der Waals surface area (Å²) >= 11 is 3.52. The fourth-order valence-electron chi connectivity index (χ4n) is 5.13. The van der Waals surface area contributed by atoms with Gasteiger partial charge in [-0.2, -0.15) is 0 Å². The smallest absolute Gasteiger partial charge is 0.138 e. The fraction of sp³-hybridized carbons (Fsp3) is 0.629. The number of nitrogens with zero attached hydrogens (tertiary/aromatic N) is 1. The van der Waals surface area contributed by atoms with Crippen molar-refractivity contribution in [2.75, 3.05) is 85.8 Å². The standard InChI is InChI=1S/C35H50N2O8S2/c1-27(38)11-14-41-16-18-43-20-22-45-24-23-44-21-19-42-17-15-40-13-6-2-3-7-28(39)25-32-34(29-10-12-36-26-33(29)46-32)35-37-30-8-4-5-9-31(30)47-35/h4-5,8-9,36H,2-3,6-7,10-26H2,1H3. The third kappa shape index (κ3) is 14.1. The van der Waals surface area contributed by atoms with E-state index in [1.54, 1.807) is 29.6 Å². The second-order valence-corrected chi connectivity index (χ2v) is 13.6. The molecule has 47 heavy (non-hydrogen) atoms. The molecular formula is C35H50N2O8S2. The molecular weight excluding hydrogens is 641 g/mol. The number of hydrogen-bond donors (Lipinski definition) is 1. The zero-order valence-corrected chi connectivity index (χ0v) is 29.3. The van der Waals surface area contributed by atoms with Crippen LogP contribution in [0.15, 0.2) is 24.3 Å². The van der Waals surface area contributed by atoms with E-state index in [9.17, 15) is 9.59 Å². The van der Waals surface area contributed by atoms with Gasteiger partial charge in [0.2, 0.25) is 0 Å². The van der Waals surface area contributed by atoms with E-state index in [1.807, 2.05) is 6.07 Å². The van der Waals surface area contributed by atoms with E-state index < -0.39 is 0 Å². The van der Waals surface area contributed by atoms with E-state index in [4.69, 9.17) is 33.4 Å². The van der Waals surface area contributed by atoms with Crippen LogP contribution in [0.5, 0.6) is 0 Å². The Kier molecular flexibility index (Phi) is 18.0. The summed E-state index contributed by atoms with van der Waals surface area (Å²) in [6, 6.07) is 8.27. The molecule has 0 aliphatic carbocycles. The topological polar surface area (TPSA) is 114 Å². The average Bonchev–Trinajstić information content (AvgIpc) is 3.65. The third-order valence-corrected chi connectivity index (χ3v) is 9.86. The number of hydrogen-bond acceptors (Lipinski definition) is 12. The first-order valence-corrected chi connectivity index (χ1v) is 18.4. The maximum absolute atomic E-state index is 13.0. The summed E-state index contributed by atoms with van der Waals surface area (Å²) in [6.07, 6.45) is 5.31. The lowest BCUT2D eigenvalue weighted by Crippen LogP contribution is -2.22. The second kappa shape index (κ2) is 22.5. The van der Waals surface area contributed by atoms with Gasteiger partial charge in [0.05, 0.1) is 82.9 Å². The highest BCUT2D eigenvalue weighted by Crippen LogP contribution is 2.42. The minimum atomic E-state index is 0.129. The summed E-state index contributed by atoms with van der Waals surface area (Å²) in [5.74, 6) is 0.431. The van der Waals surface area contributed by atoms with Crippen LogP contribution in [-0.2, 0) is 57.4 Å². The first-order valence-electron chi connectivity index (χ1n) is 16.8. The molecule has 1 aromatic carbocycles. The highest BCUT2D eigenvalue weighted by Gasteiger charge is 2.25. The predicted octanol–water partition coefficient (Wildman–Crippen LogP) is 5.42. The lowest BCUT2D eigenvalue weighted by Gasteiger charge is -2.13. The van der Waals surface area contributed by atoms with Gasteiger partial charge in [0.1, 0.15) is 16.6 Å². The molecule has 260 valence electrons. The molecule has 1 N–H and O–H groups in total. The molecule has 0 bridgehead atoms. The van der Waals surface area contributed by atoms with Crippen LogP contribution in [0.3, 0.4) is 0 Å². The van der Waals surface area contributed by atoms with Crippen LogP contribution in [0, 0.1) is 0 Å². The quantitative estimate of drug-likeness (QED) is 0.104. The van der Waals surface area contributed by atoms with Crippen LogP contribution < -0.4 is 5.32 Å². The molecule has 3 heterocycles. The number of ketones is 2. The van der Waals surface area contributed by atoms with E-state index in [0.29, 0.717) is 104 Å². The number of carbonyl (C=O) groups excluding carboxylic acids is 2. The summed E-state index contributed by atoms with van der Waals surface area (Å²) in [4.78, 5) is 31.3. The molecule has 12 heteroatoms. The number of ether oxygens (including phenoxy) is 6. The van der Waals surface area contributed by atoms with Crippen molar-refractivity contribution in [2.24, 2.45) is 0 Å². The van der Waals surface area contributed by atoms with Crippen LogP contribution >= 0.6 is 22.7 Å². The number of unbranched alkanes of at least 4 members (excludes halogenated alkanes) is 2. The van der Waals surface area contributed by atoms with Crippen LogP contribution in [0.1, 0.15) is 54.3 Å². The number of thiophene rings is 1. The molecule has 1 aliphatic heterocycles. The first kappa shape index (κ1) is 37.7. The average molecular weight is 691 g/mol. The SMILES string of the molecule is CC(=O)CCOCCOCCOCCOCCOCCOCCCCCC(=O)Cc1sc2c(c1-c1nc3ccccc3s1)CCNC2. The number of carbonyl (C=O) groups is 2. The van der Waals surface area contributed by atoms with Gasteiger partial charge in [0.25, 0.3) is 0 Å². The first-order chi connectivity index (χ1) is 23.1. The van der Waals surface area contributed by atoms with Gasteiger partial charge >= 0.3 is 0 Å². The molecule has 2 aromatic heterocycles. The Balaban J connectivity index is 0.953. The number of benzene rings is 1. The Morgan fingerprint density at radius 2 is 1.36 bits per heavy atom. The van der Waals surface area contributed by atoms with Crippen LogP contribution in [0.4, 0.5) is 0 Å². The number of nitrogens with one attached hydrogen (secondary N) is 1. The van der Waals surface area contributed by atoms with E-state index in [-0.39, 0.29) is 5.78 Å². The molecule has 0 spiro atoms. The highest BCUT2D eigenvalue weighted by molar-refractivity contribution is 7.22. The maximum atomic E-state index is 13.0. The van der Waals surface area contributed by atoms with Gasteiger partial charge in [-0.15, -0.1) is 22.7 Å². The summed E-state index contributed by atoms with van der Waals surface area (Å²) in [5, 5.41) is 4.52. The zero-order chi connectivity index (χ0) is 32.9. The Morgan fingerprint density at radius 1 is 0.745 bits per heavy atom. The Bertz CT molecular complexity index is 1310. The van der Waals surface area contributed by atoms with Crippen LogP contribution in [-0.4, -0.2) is 102 Å². The minimum Gasteiger partial charge on any atom is -0.379 e. The molecule has 0 atom stereocenters. The molecule has 0 radical (unpaired) electrons. The van der Waals surface area contributed by atoms with Crippen molar-refractivity contribution in [1.82, 2.24) is 10.3 Å². The highest BCUT2D eigenvalue weighted by atomic mass is 32.1. The van der Waals surface area contributed by atoms with Gasteiger partial charge in [-0.25, -0.2) is 4.98 Å². The van der Waals surface area contributed by atoms with Gasteiger partial charge < -0.3 is 33.7 Å². The Morgan fingerprint density at radius 3 is 2.00 bits per heavy atom. The van der Waals surface area contributed by atoms with Crippen LogP contribution in [0.25, 0.3) is 20.8 Å². The largest absolute Gasteiger partial charge is 0.379 e. The van der Waals surface area contributed by atoms with E-state index >= 15 is 0 Å². The molecule has 1 aliphatic rings. The molecule has 0 unspecified atom stereocenters. The number of thiazole rings is 1. The molecule has 10 nitrogen and oxygen atoms in total. The zero-order valence-electron chi connectivity index (χ0n) is 27.7. The van der Waals surface area contributed by atoms with Gasteiger partial charge in [-0.1, -0.05) is 18.6 Å². The summed E-state index contributed by atoms with van der Waals surface area (Å²) < 4.78 is 34.1. The van der Waals surface area contributed by atoms with E-state index in [0.717, 1.165) is 49.3 Å². The lowest BCUT2D eigenvalue weighted by atomic mass is 10.00. The summed E-state index contributed by atoms with van der Waals surface area (Å²) in [7, 11) is 0. The van der Waals surface area contributed by atoms with E-state index in [2.05, 4.69) is 23.5 Å². The van der Waals surface area contributed by atoms with Crippen LogP contribution in [0.2, 0.25) is 0 Å². The normalized spacial score (nSPS) is 13.0. The van der Waals surface area contributed by atoms with Crippen molar-refractivity contribution in [1.29, 1.82) is 0 Å². The van der Waals surface area contributed by atoms with Crippen molar-refractivity contribution in [3.63, 3.8) is 0 Å². The number of rotatable bonds is 27. The third-order valence-electron chi connectivity index (χ3n) is 7.57. The molecule has 3 aromatic rings. The lowest BCUT2D eigenvalue weighted by molar-refractivity contribution is -0.119. The Labute approximate surface area is 286 Å². The molecule has 0 amide bonds. The molecule has 0 fully saturated rings. The van der Waals surface area contributed by atoms with E-state index in [1.165, 1.54) is 25.6 Å². The number of fused-ring (bicyclic) bond motifs is 2. The summed E-state index contributed by atoms with van der Waals surface area (Å²) in [5.41, 5.74) is 3.63. The molecule has 4 rings (SSSR count). The monoisotopic (exact) mass is 690 g/mol. The number of Topliss-reactive ketones (excluding diaryl/α,β-unsaturated/α-hetero) is 2. The van der Waals surface area contributed by atoms with Gasteiger partial charge in [-0.3, -0.25) is 9.59 Å². The second-order valence-electron chi connectivity index (χ2n) is 11.4. The minimum absolute atomic E-state index is 0.129. The number of para-hydroxylation sites is 1. The van der Waals surface area contributed by atoms with Gasteiger partial charge in [0, 0.05) is 47.7 Å². The molecule has 0 saturated carbocycles. The van der Waals surface area contributed by atoms with Gasteiger partial charge in [-0.05, 0) is 50.4 Å². The fourth-order valence-corrected chi connectivity index (χ4v) is 7.62. The Hall–Kier alpha value is -2.13. The molecule has 0 saturated heterocycles. The summed E-state index contributed by atoms with van der Waals surface area (Å²) in [6.45, 7) is 9.62.